The molecular weight excluding hydrogens is 151 g/mol. The van der Waals surface area contributed by atoms with Crippen LogP contribution in [0.4, 0.5) is 0 Å². The van der Waals surface area contributed by atoms with Gasteiger partial charge in [-0.15, -0.1) is 6.58 Å². The van der Waals surface area contributed by atoms with Crippen molar-refractivity contribution in [2.75, 3.05) is 6.61 Å². The average molecular weight is 168 g/mol. The van der Waals surface area contributed by atoms with E-state index in [1.165, 1.54) is 0 Å². The Morgan fingerprint density at radius 2 is 1.92 bits per heavy atom. The first-order valence-electron chi connectivity index (χ1n) is 4.31. The highest BCUT2D eigenvalue weighted by Gasteiger charge is 2.45. The summed E-state index contributed by atoms with van der Waals surface area (Å²) in [4.78, 5) is 0. The number of rotatable bonds is 1. The van der Waals surface area contributed by atoms with E-state index in [0.29, 0.717) is 0 Å². The summed E-state index contributed by atoms with van der Waals surface area (Å²) < 4.78 is 11.1. The Morgan fingerprint density at radius 3 is 2.33 bits per heavy atom. The Balaban J connectivity index is 2.74. The van der Waals surface area contributed by atoms with Crippen LogP contribution in [0.5, 0.6) is 0 Å². The highest BCUT2D eigenvalue weighted by Crippen LogP contribution is 2.38. The summed E-state index contributed by atoms with van der Waals surface area (Å²) in [6.45, 7) is 12.8. The molecule has 0 spiro atoms. The van der Waals surface area contributed by atoms with Gasteiger partial charge in [0.2, 0.25) is 0 Å². The lowest BCUT2D eigenvalue weighted by atomic mass is 9.72. The van der Waals surface area contributed by atoms with Gasteiger partial charge in [0.1, 0.15) is 0 Å². The van der Waals surface area contributed by atoms with E-state index in [0.717, 1.165) is 6.61 Å². The molecule has 0 aromatic heterocycles. The van der Waals surface area contributed by atoms with Gasteiger partial charge in [0.25, 0.3) is 0 Å². The van der Waals surface area contributed by atoms with E-state index in [-0.39, 0.29) is 18.1 Å². The molecule has 0 N–H and O–H groups in total. The molecule has 0 saturated carbocycles. The fourth-order valence-corrected chi connectivity index (χ4v) is 1.06. The second-order valence-electron chi connectivity index (χ2n) is 4.43. The van der Waals surface area contributed by atoms with Crippen molar-refractivity contribution in [1.82, 2.24) is 0 Å². The van der Waals surface area contributed by atoms with Crippen LogP contribution in [0.3, 0.4) is 0 Å². The predicted molar refractivity (Wildman–Crippen MR) is 50.8 cm³/mol. The summed E-state index contributed by atoms with van der Waals surface area (Å²) in [6, 6.07) is 0. The molecule has 0 aromatic carbocycles. The van der Waals surface area contributed by atoms with E-state index in [4.69, 9.17) is 9.31 Å². The van der Waals surface area contributed by atoms with Crippen LogP contribution in [0.2, 0.25) is 0 Å². The Labute approximate surface area is 75.1 Å². The molecule has 0 amide bonds. The zero-order valence-electron chi connectivity index (χ0n) is 8.39. The topological polar surface area (TPSA) is 18.5 Å². The highest BCUT2D eigenvalue weighted by molar-refractivity contribution is 6.50. The van der Waals surface area contributed by atoms with Crippen molar-refractivity contribution in [1.29, 1.82) is 0 Å². The van der Waals surface area contributed by atoms with Crippen molar-refractivity contribution in [3.05, 3.63) is 12.6 Å². The van der Waals surface area contributed by atoms with Gasteiger partial charge in [-0.05, 0) is 13.8 Å². The van der Waals surface area contributed by atoms with Gasteiger partial charge in [-0.2, -0.15) is 0 Å². The van der Waals surface area contributed by atoms with Gasteiger partial charge in [0.05, 0.1) is 5.60 Å². The summed E-state index contributed by atoms with van der Waals surface area (Å²) in [5, 5.41) is 0. The van der Waals surface area contributed by atoms with Crippen LogP contribution in [0.25, 0.3) is 0 Å². The van der Waals surface area contributed by atoms with Gasteiger partial charge >= 0.3 is 7.12 Å². The molecule has 1 aliphatic heterocycles. The molecule has 1 fully saturated rings. The number of hydrogen-bond acceptors (Lipinski definition) is 2. The molecule has 12 heavy (non-hydrogen) atoms. The molecule has 0 atom stereocenters. The first-order valence-corrected chi connectivity index (χ1v) is 4.31. The summed E-state index contributed by atoms with van der Waals surface area (Å²) in [6.07, 6.45) is 0. The van der Waals surface area contributed by atoms with Crippen LogP contribution in [0.1, 0.15) is 27.7 Å². The van der Waals surface area contributed by atoms with Crippen LogP contribution in [-0.2, 0) is 9.31 Å². The van der Waals surface area contributed by atoms with Crippen molar-refractivity contribution in [2.24, 2.45) is 5.41 Å². The largest absolute Gasteiger partial charge is 0.485 e. The Kier molecular flexibility index (Phi) is 2.36. The minimum Gasteiger partial charge on any atom is -0.407 e. The minimum absolute atomic E-state index is 0.0620. The molecule has 0 aromatic rings. The van der Waals surface area contributed by atoms with Crippen molar-refractivity contribution >= 4 is 7.12 Å². The SMILES string of the molecule is C=CB1OCC(C)(C)C(C)(C)O1. The Bertz CT molecular complexity index is 187. The monoisotopic (exact) mass is 168 g/mol. The third kappa shape index (κ3) is 1.57. The molecule has 1 aliphatic rings. The van der Waals surface area contributed by atoms with Crippen LogP contribution in [0, 0.1) is 5.41 Å². The van der Waals surface area contributed by atoms with Crippen LogP contribution >= 0.6 is 0 Å². The smallest absolute Gasteiger partial charge is 0.407 e. The van der Waals surface area contributed by atoms with Gasteiger partial charge in [0, 0.05) is 12.0 Å². The summed E-state index contributed by atoms with van der Waals surface area (Å²) >= 11 is 0. The molecule has 2 nitrogen and oxygen atoms in total. The second kappa shape index (κ2) is 2.89. The van der Waals surface area contributed by atoms with E-state index in [1.54, 1.807) is 5.98 Å². The lowest BCUT2D eigenvalue weighted by Crippen LogP contribution is -2.54. The van der Waals surface area contributed by atoms with Gasteiger partial charge in [-0.25, -0.2) is 0 Å². The van der Waals surface area contributed by atoms with Gasteiger partial charge < -0.3 is 9.31 Å². The Morgan fingerprint density at radius 1 is 1.33 bits per heavy atom. The fraction of sp³-hybridized carbons (Fsp3) is 0.778. The Hall–Kier alpha value is -0.275. The molecule has 0 aliphatic carbocycles. The molecule has 1 rings (SSSR count). The van der Waals surface area contributed by atoms with Crippen molar-refractivity contribution < 1.29 is 9.31 Å². The molecule has 3 heteroatoms. The lowest BCUT2D eigenvalue weighted by Gasteiger charge is -2.47. The number of hydrogen-bond donors (Lipinski definition) is 0. The molecule has 0 radical (unpaired) electrons. The lowest BCUT2D eigenvalue weighted by molar-refractivity contribution is -0.0942. The third-order valence-corrected chi connectivity index (χ3v) is 2.84. The van der Waals surface area contributed by atoms with E-state index >= 15 is 0 Å². The first kappa shape index (κ1) is 9.81. The molecule has 0 unspecified atom stereocenters. The van der Waals surface area contributed by atoms with Crippen LogP contribution in [-0.4, -0.2) is 19.3 Å². The quantitative estimate of drug-likeness (QED) is 0.558. The summed E-state index contributed by atoms with van der Waals surface area (Å²) in [5.41, 5.74) is -0.0867. The van der Waals surface area contributed by atoms with Crippen molar-refractivity contribution in [3.8, 4) is 0 Å². The van der Waals surface area contributed by atoms with Crippen LogP contribution < -0.4 is 0 Å². The van der Waals surface area contributed by atoms with E-state index in [9.17, 15) is 0 Å². The molecular formula is C9H17BO2. The van der Waals surface area contributed by atoms with Gasteiger partial charge in [0.15, 0.2) is 0 Å². The minimum atomic E-state index is -0.243. The molecule has 0 bridgehead atoms. The van der Waals surface area contributed by atoms with E-state index < -0.39 is 0 Å². The molecule has 68 valence electrons. The third-order valence-electron chi connectivity index (χ3n) is 2.84. The zero-order valence-corrected chi connectivity index (χ0v) is 8.39. The summed E-state index contributed by atoms with van der Waals surface area (Å²) in [7, 11) is -0.243. The zero-order chi connectivity index (χ0) is 9.41. The maximum atomic E-state index is 5.70. The molecule has 1 saturated heterocycles. The van der Waals surface area contributed by atoms with Crippen molar-refractivity contribution in [2.45, 2.75) is 33.3 Å². The maximum absolute atomic E-state index is 5.70. The van der Waals surface area contributed by atoms with Crippen molar-refractivity contribution in [3.63, 3.8) is 0 Å². The second-order valence-corrected chi connectivity index (χ2v) is 4.43. The standard InChI is InChI=1S/C9H17BO2/c1-6-10-11-7-8(2,3)9(4,5)12-10/h6H,1,7H2,2-5H3. The highest BCUT2D eigenvalue weighted by atomic mass is 16.6. The van der Waals surface area contributed by atoms with Gasteiger partial charge in [-0.3, -0.25) is 0 Å². The van der Waals surface area contributed by atoms with Gasteiger partial charge in [-0.1, -0.05) is 19.8 Å². The van der Waals surface area contributed by atoms with Crippen LogP contribution in [0.15, 0.2) is 12.6 Å². The van der Waals surface area contributed by atoms with E-state index in [2.05, 4.69) is 34.3 Å². The molecule has 1 heterocycles. The fourth-order valence-electron chi connectivity index (χ4n) is 1.06. The normalized spacial score (nSPS) is 26.8. The average Bonchev–Trinajstić information content (AvgIpc) is 1.95. The summed E-state index contributed by atoms with van der Waals surface area (Å²) in [5.74, 6) is 1.69. The maximum Gasteiger partial charge on any atom is 0.485 e. The van der Waals surface area contributed by atoms with E-state index in [1.807, 2.05) is 0 Å². The predicted octanol–water partition coefficient (Wildman–Crippen LogP) is 2.05. The first-order chi connectivity index (χ1) is 5.39.